The van der Waals surface area contributed by atoms with Crippen molar-refractivity contribution in [1.82, 2.24) is 10.3 Å². The molecule has 1 atom stereocenters. The van der Waals surface area contributed by atoms with Gasteiger partial charge in [0.25, 0.3) is 11.6 Å². The summed E-state index contributed by atoms with van der Waals surface area (Å²) in [6.45, 7) is 0.470. The Morgan fingerprint density at radius 2 is 1.97 bits per heavy atom. The van der Waals surface area contributed by atoms with Crippen LogP contribution in [0.5, 0.6) is 0 Å². The predicted octanol–water partition coefficient (Wildman–Crippen LogP) is 2.44. The van der Waals surface area contributed by atoms with Crippen molar-refractivity contribution >= 4 is 40.1 Å². The Labute approximate surface area is 180 Å². The molecule has 0 aliphatic carbocycles. The third kappa shape index (κ3) is 5.45. The molecule has 1 aromatic heterocycles. The average molecular weight is 442 g/mol. The number of esters is 1. The molecule has 0 aliphatic rings. The number of non-ortho nitro benzene ring substituents is 1. The van der Waals surface area contributed by atoms with Crippen molar-refractivity contribution in [3.05, 3.63) is 70.2 Å². The highest BCUT2D eigenvalue weighted by Gasteiger charge is 2.24. The number of amides is 2. The molecule has 2 aromatic carbocycles. The van der Waals surface area contributed by atoms with Gasteiger partial charge in [-0.3, -0.25) is 19.7 Å². The zero-order valence-electron chi connectivity index (χ0n) is 16.9. The topological polar surface area (TPSA) is 143 Å². The second-order valence-electron chi connectivity index (χ2n) is 6.89. The summed E-state index contributed by atoms with van der Waals surface area (Å²) in [7, 11) is 0. The zero-order chi connectivity index (χ0) is 23.3. The van der Waals surface area contributed by atoms with Crippen LogP contribution in [0.4, 0.5) is 15.8 Å². The Kier molecular flexibility index (Phi) is 6.78. The van der Waals surface area contributed by atoms with E-state index in [1.54, 1.807) is 6.20 Å². The molecule has 0 saturated heterocycles. The summed E-state index contributed by atoms with van der Waals surface area (Å²) in [5.74, 6) is -3.10. The molecule has 3 aromatic rings. The lowest BCUT2D eigenvalue weighted by atomic mass is 10.0. The lowest BCUT2D eigenvalue weighted by molar-refractivity contribution is -0.384. The number of carbonyl (C=O) groups excluding carboxylic acids is 3. The normalized spacial score (nSPS) is 11.6. The number of fused-ring (bicyclic) bond motifs is 1. The number of nitrogens with zero attached hydrogens (tertiary/aromatic N) is 1. The first kappa shape index (κ1) is 22.4. The largest absolute Gasteiger partial charge is 0.454 e. The molecule has 0 bridgehead atoms. The van der Waals surface area contributed by atoms with E-state index in [-0.39, 0.29) is 6.42 Å². The van der Waals surface area contributed by atoms with Crippen molar-refractivity contribution < 1.29 is 28.4 Å². The van der Waals surface area contributed by atoms with Gasteiger partial charge in [0.2, 0.25) is 5.91 Å². The van der Waals surface area contributed by atoms with Crippen LogP contribution in [0.3, 0.4) is 0 Å². The van der Waals surface area contributed by atoms with Crippen molar-refractivity contribution in [3.63, 3.8) is 0 Å². The Balaban J connectivity index is 1.65. The summed E-state index contributed by atoms with van der Waals surface area (Å²) in [6, 6.07) is 9.00. The van der Waals surface area contributed by atoms with Gasteiger partial charge in [-0.05, 0) is 17.7 Å². The summed E-state index contributed by atoms with van der Waals surface area (Å²) in [5.41, 5.74) is 0.788. The number of aromatic nitrogens is 1. The van der Waals surface area contributed by atoms with Crippen molar-refractivity contribution in [2.24, 2.45) is 0 Å². The van der Waals surface area contributed by atoms with Crippen molar-refractivity contribution in [1.29, 1.82) is 0 Å². The molecule has 3 rings (SSSR count). The van der Waals surface area contributed by atoms with Crippen molar-refractivity contribution in [3.8, 4) is 0 Å². The van der Waals surface area contributed by atoms with Gasteiger partial charge in [-0.1, -0.05) is 18.2 Å². The van der Waals surface area contributed by atoms with Gasteiger partial charge in [0, 0.05) is 42.6 Å². The van der Waals surface area contributed by atoms with Gasteiger partial charge in [-0.2, -0.15) is 0 Å². The number of H-pyrrole nitrogens is 1. The van der Waals surface area contributed by atoms with Crippen LogP contribution in [0, 0.1) is 15.9 Å². The van der Waals surface area contributed by atoms with Crippen LogP contribution in [0.2, 0.25) is 0 Å². The van der Waals surface area contributed by atoms with Crippen LogP contribution in [-0.4, -0.2) is 40.3 Å². The third-order valence-corrected chi connectivity index (χ3v) is 4.54. The maximum atomic E-state index is 13.8. The first-order chi connectivity index (χ1) is 15.2. The molecule has 0 fully saturated rings. The molecule has 0 spiro atoms. The number of nitro groups is 1. The van der Waals surface area contributed by atoms with Crippen LogP contribution < -0.4 is 10.6 Å². The smallest absolute Gasteiger partial charge is 0.329 e. The molecular weight excluding hydrogens is 423 g/mol. The molecule has 166 valence electrons. The number of anilines is 1. The van der Waals surface area contributed by atoms with Crippen LogP contribution in [-0.2, 0) is 25.5 Å². The molecule has 0 radical (unpaired) electrons. The maximum Gasteiger partial charge on any atom is 0.329 e. The van der Waals surface area contributed by atoms with E-state index < -0.39 is 52.5 Å². The number of rotatable bonds is 8. The lowest BCUT2D eigenvalue weighted by Crippen LogP contribution is -2.43. The maximum absolute atomic E-state index is 13.8. The van der Waals surface area contributed by atoms with E-state index in [0.717, 1.165) is 34.7 Å². The van der Waals surface area contributed by atoms with E-state index in [1.807, 2.05) is 24.3 Å². The highest BCUT2D eigenvalue weighted by atomic mass is 19.1. The van der Waals surface area contributed by atoms with E-state index in [4.69, 9.17) is 4.74 Å². The second-order valence-corrected chi connectivity index (χ2v) is 6.89. The number of aromatic amines is 1. The monoisotopic (exact) mass is 442 g/mol. The number of ether oxygens (including phenoxy) is 1. The lowest BCUT2D eigenvalue weighted by Gasteiger charge is -2.16. The summed E-state index contributed by atoms with van der Waals surface area (Å²) in [5, 5.41) is 16.3. The minimum absolute atomic E-state index is 0.115. The quantitative estimate of drug-likeness (QED) is 0.278. The highest BCUT2D eigenvalue weighted by Crippen LogP contribution is 2.21. The van der Waals surface area contributed by atoms with Gasteiger partial charge < -0.3 is 20.4 Å². The minimum atomic E-state index is -1.06. The number of benzene rings is 2. The van der Waals surface area contributed by atoms with Gasteiger partial charge in [-0.15, -0.1) is 0 Å². The molecule has 1 heterocycles. The Morgan fingerprint density at radius 1 is 1.22 bits per heavy atom. The van der Waals surface area contributed by atoms with Gasteiger partial charge in [0.05, 0.1) is 10.6 Å². The fourth-order valence-electron chi connectivity index (χ4n) is 3.11. The number of nitro benzene ring substituents is 1. The van der Waals surface area contributed by atoms with Crippen molar-refractivity contribution in [2.45, 2.75) is 19.4 Å². The molecule has 10 nitrogen and oxygen atoms in total. The standard InChI is InChI=1S/C21H19FN4O6/c1-12(27)24-19(8-13-10-23-17-5-3-2-4-15(13)17)21(29)32-11-20(28)25-18-9-14(26(30)31)6-7-16(18)22/h2-7,9-10,19,23H,8,11H2,1H3,(H,24,27)(H,25,28)/t19-/m1/s1. The molecule has 3 N–H and O–H groups in total. The Morgan fingerprint density at radius 3 is 2.69 bits per heavy atom. The van der Waals surface area contributed by atoms with E-state index in [2.05, 4.69) is 15.6 Å². The summed E-state index contributed by atoms with van der Waals surface area (Å²) in [6.07, 6.45) is 1.83. The Bertz CT molecular complexity index is 1190. The van der Waals surface area contributed by atoms with Crippen LogP contribution in [0.15, 0.2) is 48.7 Å². The number of nitrogens with one attached hydrogen (secondary N) is 3. The summed E-state index contributed by atoms with van der Waals surface area (Å²) >= 11 is 0. The number of hydrogen-bond donors (Lipinski definition) is 3. The van der Waals surface area contributed by atoms with E-state index >= 15 is 0 Å². The molecule has 2 amide bonds. The predicted molar refractivity (Wildman–Crippen MR) is 112 cm³/mol. The number of para-hydroxylation sites is 1. The summed E-state index contributed by atoms with van der Waals surface area (Å²) in [4.78, 5) is 49.3. The second kappa shape index (κ2) is 9.69. The van der Waals surface area contributed by atoms with Crippen LogP contribution >= 0.6 is 0 Å². The molecule has 0 unspecified atom stereocenters. The van der Waals surface area contributed by atoms with Gasteiger partial charge >= 0.3 is 5.97 Å². The molecular formula is C21H19FN4O6. The first-order valence-electron chi connectivity index (χ1n) is 9.47. The summed E-state index contributed by atoms with van der Waals surface area (Å²) < 4.78 is 18.8. The molecule has 32 heavy (non-hydrogen) atoms. The van der Waals surface area contributed by atoms with Gasteiger partial charge in [0.15, 0.2) is 6.61 Å². The molecule has 0 aliphatic heterocycles. The fourth-order valence-corrected chi connectivity index (χ4v) is 3.11. The third-order valence-electron chi connectivity index (χ3n) is 4.54. The minimum Gasteiger partial charge on any atom is -0.454 e. The first-order valence-corrected chi connectivity index (χ1v) is 9.47. The SMILES string of the molecule is CC(=O)N[C@H](Cc1c[nH]c2ccccc12)C(=O)OCC(=O)Nc1cc([N+](=O)[O-])ccc1F. The highest BCUT2D eigenvalue weighted by molar-refractivity contribution is 5.94. The van der Waals surface area contributed by atoms with Crippen LogP contribution in [0.25, 0.3) is 10.9 Å². The van der Waals surface area contributed by atoms with E-state index in [1.165, 1.54) is 6.92 Å². The Hall–Kier alpha value is -4.28. The van der Waals surface area contributed by atoms with Gasteiger partial charge in [-0.25, -0.2) is 9.18 Å². The number of hydrogen-bond acceptors (Lipinski definition) is 6. The van der Waals surface area contributed by atoms with E-state index in [9.17, 15) is 28.9 Å². The molecule has 11 heteroatoms. The zero-order valence-corrected chi connectivity index (χ0v) is 16.9. The average Bonchev–Trinajstić information content (AvgIpc) is 3.15. The van der Waals surface area contributed by atoms with Gasteiger partial charge in [0.1, 0.15) is 11.9 Å². The number of halogens is 1. The van der Waals surface area contributed by atoms with E-state index in [0.29, 0.717) is 0 Å². The fraction of sp³-hybridized carbons (Fsp3) is 0.190. The van der Waals surface area contributed by atoms with Crippen LogP contribution in [0.1, 0.15) is 12.5 Å². The number of carbonyl (C=O) groups is 3. The van der Waals surface area contributed by atoms with Crippen molar-refractivity contribution in [2.75, 3.05) is 11.9 Å². The molecule has 0 saturated carbocycles.